The number of benzene rings is 2. The maximum Gasteiger partial charge on any atom is 0.221 e. The fourth-order valence-electron chi connectivity index (χ4n) is 4.51. The van der Waals surface area contributed by atoms with Gasteiger partial charge in [0.1, 0.15) is 22.9 Å². The maximum atomic E-state index is 13.0. The van der Waals surface area contributed by atoms with E-state index in [2.05, 4.69) is 11.4 Å². The molecule has 2 aliphatic rings. The van der Waals surface area contributed by atoms with E-state index in [1.54, 1.807) is 12.1 Å². The van der Waals surface area contributed by atoms with E-state index in [-0.39, 0.29) is 17.3 Å². The summed E-state index contributed by atoms with van der Waals surface area (Å²) in [4.78, 5) is 12.3. The Hall–Kier alpha value is -2.21. The zero-order valence-electron chi connectivity index (χ0n) is 18.0. The van der Waals surface area contributed by atoms with Crippen molar-refractivity contribution in [3.63, 3.8) is 0 Å². The largest absolute Gasteiger partial charge is 0.494 e. The Morgan fingerprint density at radius 3 is 2.74 bits per heavy atom. The van der Waals surface area contributed by atoms with Crippen molar-refractivity contribution in [3.05, 3.63) is 59.4 Å². The third-order valence-corrected chi connectivity index (χ3v) is 7.35. The molecule has 0 aromatic heterocycles. The number of carbonyl (C=O) groups excluding carboxylic acids is 1. The molecule has 166 valence electrons. The highest BCUT2D eigenvalue weighted by molar-refractivity contribution is 7.99. The average Bonchev–Trinajstić information content (AvgIpc) is 3.21. The molecule has 2 aromatic carbocycles. The molecule has 1 aliphatic heterocycles. The van der Waals surface area contributed by atoms with E-state index in [4.69, 9.17) is 9.47 Å². The summed E-state index contributed by atoms with van der Waals surface area (Å²) in [6, 6.07) is 12.3. The molecule has 2 aromatic rings. The van der Waals surface area contributed by atoms with Crippen LogP contribution < -0.4 is 14.8 Å². The summed E-state index contributed by atoms with van der Waals surface area (Å²) >= 11 is 1.83. The van der Waals surface area contributed by atoms with E-state index in [9.17, 15) is 9.18 Å². The molecule has 31 heavy (non-hydrogen) atoms. The summed E-state index contributed by atoms with van der Waals surface area (Å²) in [5.41, 5.74) is 2.02. The first kappa shape index (κ1) is 22.0. The molecule has 1 N–H and O–H groups in total. The van der Waals surface area contributed by atoms with Crippen LogP contribution >= 0.6 is 11.8 Å². The van der Waals surface area contributed by atoms with Crippen molar-refractivity contribution in [2.75, 3.05) is 12.4 Å². The van der Waals surface area contributed by atoms with Crippen molar-refractivity contribution in [2.24, 2.45) is 0 Å². The van der Waals surface area contributed by atoms with Crippen molar-refractivity contribution in [2.45, 2.75) is 62.8 Å². The molecule has 1 amide bonds. The van der Waals surface area contributed by atoms with Gasteiger partial charge in [-0.25, -0.2) is 4.39 Å². The average molecular weight is 444 g/mol. The predicted molar refractivity (Wildman–Crippen MR) is 122 cm³/mol. The quantitative estimate of drug-likeness (QED) is 0.560. The lowest BCUT2D eigenvalue weighted by Crippen LogP contribution is -2.37. The molecule has 4 rings (SSSR count). The van der Waals surface area contributed by atoms with Crippen LogP contribution in [0.5, 0.6) is 11.5 Å². The predicted octanol–water partition coefficient (Wildman–Crippen LogP) is 5.80. The number of fused-ring (bicyclic) bond motifs is 1. The molecule has 0 bridgehead atoms. The van der Waals surface area contributed by atoms with Crippen LogP contribution in [0.2, 0.25) is 0 Å². The number of thioether (sulfide) groups is 1. The van der Waals surface area contributed by atoms with E-state index < -0.39 is 0 Å². The van der Waals surface area contributed by atoms with Crippen LogP contribution in [0.15, 0.2) is 42.5 Å². The Labute approximate surface area is 187 Å². The summed E-state index contributed by atoms with van der Waals surface area (Å²) in [5, 5.41) is 3.23. The molecule has 4 nitrogen and oxygen atoms in total. The van der Waals surface area contributed by atoms with Gasteiger partial charge in [-0.05, 0) is 68.5 Å². The number of halogens is 1. The highest BCUT2D eigenvalue weighted by Gasteiger charge is 2.43. The number of amides is 1. The molecule has 6 heteroatoms. The van der Waals surface area contributed by atoms with Crippen molar-refractivity contribution in [3.8, 4) is 11.5 Å². The fraction of sp³-hybridized carbons (Fsp3) is 0.480. The second kappa shape index (κ2) is 9.94. The topological polar surface area (TPSA) is 47.6 Å². The first-order valence-corrected chi connectivity index (χ1v) is 12.2. The third kappa shape index (κ3) is 5.53. The molecular weight excluding hydrogens is 413 g/mol. The molecule has 1 fully saturated rings. The standard InChI is InChI=1S/C25H30FNO3S/c1-2-29-20-9-10-22-21(15-20)23(16-25(30-22)12-3-4-13-25)31-14-11-24(28)27-17-18-5-7-19(26)8-6-18/h5-10,15,23H,2-4,11-14,16-17H2,1H3,(H,27,28)/t23-/m0/s1. The lowest BCUT2D eigenvalue weighted by atomic mass is 9.89. The summed E-state index contributed by atoms with van der Waals surface area (Å²) in [5.74, 6) is 2.33. The highest BCUT2D eigenvalue weighted by Crippen LogP contribution is 2.52. The van der Waals surface area contributed by atoms with Gasteiger partial charge in [0.2, 0.25) is 5.91 Å². The SMILES string of the molecule is CCOc1ccc2c(c1)[C@@H](SCCC(=O)NCc1ccc(F)cc1)CC1(CCCC1)O2. The van der Waals surface area contributed by atoms with Gasteiger partial charge < -0.3 is 14.8 Å². The summed E-state index contributed by atoms with van der Waals surface area (Å²) < 4.78 is 25.2. The number of hydrogen-bond acceptors (Lipinski definition) is 4. The Balaban J connectivity index is 1.35. The van der Waals surface area contributed by atoms with Gasteiger partial charge in [0, 0.05) is 36.0 Å². The van der Waals surface area contributed by atoms with Gasteiger partial charge in [-0.15, -0.1) is 0 Å². The van der Waals surface area contributed by atoms with Gasteiger partial charge in [-0.1, -0.05) is 12.1 Å². The van der Waals surface area contributed by atoms with Gasteiger partial charge >= 0.3 is 0 Å². The van der Waals surface area contributed by atoms with E-state index in [0.29, 0.717) is 24.8 Å². The van der Waals surface area contributed by atoms with E-state index in [0.717, 1.165) is 42.1 Å². The van der Waals surface area contributed by atoms with Crippen LogP contribution in [-0.2, 0) is 11.3 Å². The Morgan fingerprint density at radius 2 is 2.00 bits per heavy atom. The van der Waals surface area contributed by atoms with Crippen molar-refractivity contribution in [1.29, 1.82) is 0 Å². The fourth-order valence-corrected chi connectivity index (χ4v) is 5.88. The van der Waals surface area contributed by atoms with Gasteiger partial charge in [-0.3, -0.25) is 4.79 Å². The van der Waals surface area contributed by atoms with Crippen LogP contribution in [0.1, 0.15) is 61.8 Å². The Bertz CT molecular complexity index is 896. The van der Waals surface area contributed by atoms with E-state index in [1.807, 2.05) is 30.8 Å². The summed E-state index contributed by atoms with van der Waals surface area (Å²) in [6.45, 7) is 3.04. The van der Waals surface area contributed by atoms with Crippen molar-refractivity contribution >= 4 is 17.7 Å². The van der Waals surface area contributed by atoms with Crippen LogP contribution in [0, 0.1) is 5.82 Å². The second-order valence-electron chi connectivity index (χ2n) is 8.34. The van der Waals surface area contributed by atoms with Gasteiger partial charge in [0.05, 0.1) is 6.61 Å². The Morgan fingerprint density at radius 1 is 1.23 bits per heavy atom. The smallest absolute Gasteiger partial charge is 0.221 e. The zero-order chi connectivity index (χ0) is 21.7. The van der Waals surface area contributed by atoms with Crippen LogP contribution in [-0.4, -0.2) is 23.9 Å². The van der Waals surface area contributed by atoms with E-state index in [1.165, 1.54) is 30.5 Å². The number of hydrogen-bond donors (Lipinski definition) is 1. The maximum absolute atomic E-state index is 13.0. The van der Waals surface area contributed by atoms with E-state index >= 15 is 0 Å². The lowest BCUT2D eigenvalue weighted by molar-refractivity contribution is -0.120. The van der Waals surface area contributed by atoms with Crippen LogP contribution in [0.3, 0.4) is 0 Å². The minimum absolute atomic E-state index is 0.0164. The van der Waals surface area contributed by atoms with Gasteiger partial charge in [0.25, 0.3) is 0 Å². The molecule has 1 heterocycles. The molecule has 1 saturated carbocycles. The number of ether oxygens (including phenoxy) is 2. The number of rotatable bonds is 8. The molecular formula is C25H30FNO3S. The highest BCUT2D eigenvalue weighted by atomic mass is 32.2. The molecule has 1 aliphatic carbocycles. The first-order chi connectivity index (χ1) is 15.1. The summed E-state index contributed by atoms with van der Waals surface area (Å²) in [6.07, 6.45) is 6.09. The Kier molecular flexibility index (Phi) is 7.06. The molecule has 1 spiro atoms. The number of nitrogens with one attached hydrogen (secondary N) is 1. The van der Waals surface area contributed by atoms with Crippen LogP contribution in [0.25, 0.3) is 0 Å². The normalized spacial score (nSPS) is 19.0. The van der Waals surface area contributed by atoms with Crippen LogP contribution in [0.4, 0.5) is 4.39 Å². The van der Waals surface area contributed by atoms with Crippen molar-refractivity contribution < 1.29 is 18.7 Å². The number of carbonyl (C=O) groups is 1. The third-order valence-electron chi connectivity index (χ3n) is 6.09. The summed E-state index contributed by atoms with van der Waals surface area (Å²) in [7, 11) is 0. The van der Waals surface area contributed by atoms with Gasteiger partial charge in [-0.2, -0.15) is 11.8 Å². The second-order valence-corrected chi connectivity index (χ2v) is 9.65. The van der Waals surface area contributed by atoms with Gasteiger partial charge in [0.15, 0.2) is 0 Å². The first-order valence-electron chi connectivity index (χ1n) is 11.2. The minimum atomic E-state index is -0.268. The van der Waals surface area contributed by atoms with Crippen molar-refractivity contribution in [1.82, 2.24) is 5.32 Å². The molecule has 0 saturated heterocycles. The monoisotopic (exact) mass is 443 g/mol. The zero-order valence-corrected chi connectivity index (χ0v) is 18.8. The molecule has 0 unspecified atom stereocenters. The molecule has 0 radical (unpaired) electrons. The molecule has 1 atom stereocenters. The lowest BCUT2D eigenvalue weighted by Gasteiger charge is -2.40. The minimum Gasteiger partial charge on any atom is -0.494 e.